The summed E-state index contributed by atoms with van der Waals surface area (Å²) >= 11 is 4.35. The minimum Gasteiger partial charge on any atom is -0.481 e. The van der Waals surface area contributed by atoms with Crippen LogP contribution in [0.15, 0.2) is 10.5 Å². The number of aryl methyl sites for hydroxylation is 1. The van der Waals surface area contributed by atoms with Gasteiger partial charge in [0.05, 0.1) is 11.3 Å². The fraction of sp³-hybridized carbons (Fsp3) is 0.667. The van der Waals surface area contributed by atoms with Gasteiger partial charge in [0.2, 0.25) is 0 Å². The maximum Gasteiger partial charge on any atom is 0.303 e. The van der Waals surface area contributed by atoms with Gasteiger partial charge in [-0.2, -0.15) is 0 Å². The third-order valence-electron chi connectivity index (χ3n) is 4.26. The molecule has 1 aliphatic carbocycles. The molecule has 1 saturated carbocycles. The lowest BCUT2D eigenvalue weighted by molar-refractivity contribution is -0.143. The number of hydrogen-bond acceptors (Lipinski definition) is 2. The Balaban J connectivity index is 2.23. The van der Waals surface area contributed by atoms with Crippen molar-refractivity contribution in [3.05, 3.63) is 20.3 Å². The molecule has 1 heterocycles. The minimum atomic E-state index is -2.96. The number of aliphatic carboxylic acids is 1. The average molecular weight is 381 g/mol. The number of thiophene rings is 1. The third kappa shape index (κ3) is 4.03. The molecule has 0 saturated heterocycles. The Morgan fingerprint density at radius 3 is 2.52 bits per heavy atom. The van der Waals surface area contributed by atoms with Crippen LogP contribution in [0.4, 0.5) is 8.78 Å². The monoisotopic (exact) mass is 380 g/mol. The molecule has 2 rings (SSSR count). The van der Waals surface area contributed by atoms with Crippen LogP contribution in [0.25, 0.3) is 0 Å². The molecule has 6 heteroatoms. The van der Waals surface area contributed by atoms with Crippen LogP contribution in [-0.2, 0) is 10.7 Å². The molecule has 118 valence electrons. The zero-order valence-electron chi connectivity index (χ0n) is 11.9. The average Bonchev–Trinajstić information content (AvgIpc) is 2.69. The first kappa shape index (κ1) is 16.9. The molecule has 0 unspecified atom stereocenters. The van der Waals surface area contributed by atoms with Gasteiger partial charge in [0.15, 0.2) is 0 Å². The molecule has 0 atom stereocenters. The van der Waals surface area contributed by atoms with Gasteiger partial charge in [-0.3, -0.25) is 4.79 Å². The van der Waals surface area contributed by atoms with Gasteiger partial charge >= 0.3 is 5.97 Å². The SMILES string of the molecule is Cc1sc(C(F)(F)CC2(CC(=O)O)CCCCC2)cc1Br. The van der Waals surface area contributed by atoms with Crippen LogP contribution in [0.1, 0.15) is 54.7 Å². The number of carbonyl (C=O) groups is 1. The molecular weight excluding hydrogens is 362 g/mol. The van der Waals surface area contributed by atoms with Crippen LogP contribution in [0.3, 0.4) is 0 Å². The molecule has 1 N–H and O–H groups in total. The number of alkyl halides is 2. The summed E-state index contributed by atoms with van der Waals surface area (Å²) in [5, 5.41) is 9.10. The minimum absolute atomic E-state index is 0.0298. The Kier molecular flexibility index (Phi) is 5.08. The largest absolute Gasteiger partial charge is 0.481 e. The van der Waals surface area contributed by atoms with E-state index in [1.807, 2.05) is 0 Å². The van der Waals surface area contributed by atoms with Crippen molar-refractivity contribution in [1.29, 1.82) is 0 Å². The predicted octanol–water partition coefficient (Wildman–Crippen LogP) is 5.73. The summed E-state index contributed by atoms with van der Waals surface area (Å²) in [5.74, 6) is -3.94. The molecule has 1 fully saturated rings. The summed E-state index contributed by atoms with van der Waals surface area (Å²) in [4.78, 5) is 12.0. The van der Waals surface area contributed by atoms with E-state index in [9.17, 15) is 13.6 Å². The second-order valence-corrected chi connectivity index (χ2v) is 8.14. The van der Waals surface area contributed by atoms with Gasteiger partial charge in [0.1, 0.15) is 0 Å². The summed E-state index contributed by atoms with van der Waals surface area (Å²) in [5.41, 5.74) is -0.766. The van der Waals surface area contributed by atoms with E-state index >= 15 is 0 Å². The Morgan fingerprint density at radius 1 is 1.43 bits per heavy atom. The zero-order chi connectivity index (χ0) is 15.7. The molecule has 0 aromatic carbocycles. The molecule has 1 aromatic heterocycles. The van der Waals surface area contributed by atoms with Gasteiger partial charge in [-0.25, -0.2) is 8.78 Å². The molecule has 0 spiro atoms. The fourth-order valence-electron chi connectivity index (χ4n) is 3.24. The van der Waals surface area contributed by atoms with Crippen LogP contribution in [0, 0.1) is 12.3 Å². The first-order valence-corrected chi connectivity index (χ1v) is 8.71. The lowest BCUT2D eigenvalue weighted by Gasteiger charge is -2.38. The highest BCUT2D eigenvalue weighted by Gasteiger charge is 2.45. The molecule has 1 aromatic rings. The van der Waals surface area contributed by atoms with Crippen LogP contribution in [-0.4, -0.2) is 11.1 Å². The van der Waals surface area contributed by atoms with Crippen LogP contribution < -0.4 is 0 Å². The first-order chi connectivity index (χ1) is 9.74. The predicted molar refractivity (Wildman–Crippen MR) is 83.0 cm³/mol. The van der Waals surface area contributed by atoms with E-state index in [0.717, 1.165) is 35.5 Å². The van der Waals surface area contributed by atoms with Crippen molar-refractivity contribution in [3.8, 4) is 0 Å². The van der Waals surface area contributed by atoms with Gasteiger partial charge in [-0.05, 0) is 47.2 Å². The molecule has 0 amide bonds. The molecular formula is C15H19BrF2O2S. The van der Waals surface area contributed by atoms with E-state index in [0.29, 0.717) is 17.3 Å². The number of carboxylic acids is 1. The molecule has 21 heavy (non-hydrogen) atoms. The fourth-order valence-corrected chi connectivity index (χ4v) is 4.74. The Morgan fingerprint density at radius 2 is 2.05 bits per heavy atom. The summed E-state index contributed by atoms with van der Waals surface area (Å²) < 4.78 is 29.9. The second kappa shape index (κ2) is 6.32. The van der Waals surface area contributed by atoms with Gasteiger partial charge in [0, 0.05) is 15.8 Å². The van der Waals surface area contributed by atoms with Gasteiger partial charge in [-0.15, -0.1) is 11.3 Å². The quantitative estimate of drug-likeness (QED) is 0.708. The molecule has 0 bridgehead atoms. The van der Waals surface area contributed by atoms with Crippen molar-refractivity contribution in [2.45, 2.75) is 57.8 Å². The summed E-state index contributed by atoms with van der Waals surface area (Å²) in [6.45, 7) is 1.79. The standard InChI is InChI=1S/C15H19BrF2O2S/c1-10-11(16)7-12(21-10)15(17,18)9-14(8-13(19)20)5-3-2-4-6-14/h7H,2-6,8-9H2,1H3,(H,19,20). The van der Waals surface area contributed by atoms with Crippen molar-refractivity contribution in [2.75, 3.05) is 0 Å². The summed E-state index contributed by atoms with van der Waals surface area (Å²) in [6, 6.07) is 1.47. The third-order valence-corrected chi connectivity index (χ3v) is 6.50. The number of rotatable bonds is 5. The Bertz CT molecular complexity index is 502. The second-order valence-electron chi connectivity index (χ2n) is 6.03. The highest BCUT2D eigenvalue weighted by Crippen LogP contribution is 2.51. The topological polar surface area (TPSA) is 37.3 Å². The highest BCUT2D eigenvalue weighted by atomic mass is 79.9. The number of carboxylic acid groups (broad SMARTS) is 1. The van der Waals surface area contributed by atoms with Gasteiger partial charge in [0.25, 0.3) is 5.92 Å². The summed E-state index contributed by atoms with van der Waals surface area (Å²) in [6.07, 6.45) is 3.34. The van der Waals surface area contributed by atoms with E-state index in [2.05, 4.69) is 15.9 Å². The van der Waals surface area contributed by atoms with Crippen molar-refractivity contribution < 1.29 is 18.7 Å². The van der Waals surface area contributed by atoms with E-state index in [-0.39, 0.29) is 17.7 Å². The van der Waals surface area contributed by atoms with E-state index in [4.69, 9.17) is 5.11 Å². The summed E-state index contributed by atoms with van der Waals surface area (Å²) in [7, 11) is 0. The first-order valence-electron chi connectivity index (χ1n) is 7.10. The normalized spacial score (nSPS) is 18.7. The lowest BCUT2D eigenvalue weighted by atomic mass is 9.68. The van der Waals surface area contributed by atoms with E-state index in [1.165, 1.54) is 6.07 Å². The maximum absolute atomic E-state index is 14.6. The van der Waals surface area contributed by atoms with Crippen molar-refractivity contribution in [2.24, 2.45) is 5.41 Å². The maximum atomic E-state index is 14.6. The Hall–Kier alpha value is -0.490. The van der Waals surface area contributed by atoms with Crippen LogP contribution >= 0.6 is 27.3 Å². The zero-order valence-corrected chi connectivity index (χ0v) is 14.3. The smallest absolute Gasteiger partial charge is 0.303 e. The Labute approximate surface area is 135 Å². The van der Waals surface area contributed by atoms with E-state index < -0.39 is 17.3 Å². The van der Waals surface area contributed by atoms with Crippen molar-refractivity contribution >= 4 is 33.2 Å². The highest BCUT2D eigenvalue weighted by molar-refractivity contribution is 9.10. The number of halogens is 3. The van der Waals surface area contributed by atoms with Crippen LogP contribution in [0.2, 0.25) is 0 Å². The molecule has 2 nitrogen and oxygen atoms in total. The molecule has 0 radical (unpaired) electrons. The molecule has 1 aliphatic rings. The van der Waals surface area contributed by atoms with Gasteiger partial charge in [-0.1, -0.05) is 19.3 Å². The van der Waals surface area contributed by atoms with Crippen molar-refractivity contribution in [3.63, 3.8) is 0 Å². The van der Waals surface area contributed by atoms with E-state index in [1.54, 1.807) is 6.92 Å². The van der Waals surface area contributed by atoms with Crippen molar-refractivity contribution in [1.82, 2.24) is 0 Å². The lowest BCUT2D eigenvalue weighted by Crippen LogP contribution is -2.33. The van der Waals surface area contributed by atoms with Crippen LogP contribution in [0.5, 0.6) is 0 Å². The van der Waals surface area contributed by atoms with Gasteiger partial charge < -0.3 is 5.11 Å². The molecule has 0 aliphatic heterocycles. The number of hydrogen-bond donors (Lipinski definition) is 1.